The van der Waals surface area contributed by atoms with Gasteiger partial charge in [-0.25, -0.2) is 9.37 Å². The summed E-state index contributed by atoms with van der Waals surface area (Å²) in [4.78, 5) is 6.40. The van der Waals surface area contributed by atoms with Gasteiger partial charge in [0.1, 0.15) is 12.0 Å². The number of pyridine rings is 1. The van der Waals surface area contributed by atoms with Crippen molar-refractivity contribution in [3.63, 3.8) is 0 Å². The van der Waals surface area contributed by atoms with Gasteiger partial charge in [-0.3, -0.25) is 5.10 Å². The lowest BCUT2D eigenvalue weighted by molar-refractivity contribution is -0.142. The largest absolute Gasteiger partial charge is 0.354 e. The Balaban J connectivity index is 1.72. The molecule has 2 aromatic rings. The van der Waals surface area contributed by atoms with Crippen LogP contribution in [0.2, 0.25) is 0 Å². The van der Waals surface area contributed by atoms with Crippen LogP contribution >= 0.6 is 0 Å². The first-order chi connectivity index (χ1) is 11.7. The van der Waals surface area contributed by atoms with Crippen LogP contribution in [0.15, 0.2) is 24.4 Å². The lowest BCUT2D eigenvalue weighted by Gasteiger charge is -2.16. The topological polar surface area (TPSA) is 63.3 Å². The van der Waals surface area contributed by atoms with Gasteiger partial charge in [-0.05, 0) is 38.5 Å². The van der Waals surface area contributed by atoms with Crippen molar-refractivity contribution in [2.24, 2.45) is 0 Å². The van der Waals surface area contributed by atoms with Gasteiger partial charge in [0.25, 0.3) is 0 Å². The van der Waals surface area contributed by atoms with Crippen molar-refractivity contribution in [1.82, 2.24) is 15.2 Å². The van der Waals surface area contributed by atoms with E-state index in [0.29, 0.717) is 32.7 Å². The molecular weight excluding hydrogens is 311 g/mol. The molecule has 1 aliphatic heterocycles. The highest BCUT2D eigenvalue weighted by Crippen LogP contribution is 2.25. The van der Waals surface area contributed by atoms with E-state index in [0.717, 1.165) is 22.8 Å². The smallest absolute Gasteiger partial charge is 0.200 e. The molecule has 0 saturated carbocycles. The van der Waals surface area contributed by atoms with Crippen LogP contribution in [-0.4, -0.2) is 47.7 Å². The summed E-state index contributed by atoms with van der Waals surface area (Å²) in [5.41, 5.74) is 2.44. The molecule has 1 atom stereocenters. The number of halogens is 1. The van der Waals surface area contributed by atoms with Gasteiger partial charge in [-0.2, -0.15) is 5.10 Å². The first-order valence-electron chi connectivity index (χ1n) is 8.35. The molecule has 0 amide bonds. The highest BCUT2D eigenvalue weighted by Gasteiger charge is 2.22. The maximum atomic E-state index is 13.3. The summed E-state index contributed by atoms with van der Waals surface area (Å²) in [6.45, 7) is 6.09. The lowest BCUT2D eigenvalue weighted by Crippen LogP contribution is -2.20. The number of H-pyrrole nitrogens is 1. The molecule has 3 rings (SSSR count). The van der Waals surface area contributed by atoms with E-state index < -0.39 is 12.5 Å². The zero-order valence-corrected chi connectivity index (χ0v) is 14.0. The fourth-order valence-electron chi connectivity index (χ4n) is 2.79. The van der Waals surface area contributed by atoms with E-state index in [4.69, 9.17) is 9.47 Å². The van der Waals surface area contributed by atoms with Gasteiger partial charge in [0.05, 0.1) is 17.9 Å². The van der Waals surface area contributed by atoms with E-state index in [1.54, 1.807) is 6.20 Å². The zero-order chi connectivity index (χ0) is 16.9. The second-order valence-corrected chi connectivity index (χ2v) is 5.69. The van der Waals surface area contributed by atoms with Crippen LogP contribution in [0.1, 0.15) is 32.3 Å². The molecule has 24 heavy (non-hydrogen) atoms. The molecule has 0 spiro atoms. The monoisotopic (exact) mass is 334 g/mol. The molecule has 0 bridgehead atoms. The number of hydrogen-bond acceptors (Lipinski definition) is 5. The van der Waals surface area contributed by atoms with Gasteiger partial charge in [-0.15, -0.1) is 0 Å². The number of ether oxygens (including phenoxy) is 2. The predicted octanol–water partition coefficient (Wildman–Crippen LogP) is 3.09. The van der Waals surface area contributed by atoms with E-state index in [9.17, 15) is 4.39 Å². The second kappa shape index (κ2) is 7.72. The van der Waals surface area contributed by atoms with Crippen LogP contribution in [0.4, 0.5) is 10.2 Å². The minimum atomic E-state index is -0.755. The first-order valence-corrected chi connectivity index (χ1v) is 8.35. The van der Waals surface area contributed by atoms with Crippen LogP contribution in [0.5, 0.6) is 0 Å². The Hall–Kier alpha value is -1.99. The van der Waals surface area contributed by atoms with Crippen molar-refractivity contribution in [2.75, 3.05) is 31.2 Å². The van der Waals surface area contributed by atoms with Crippen LogP contribution < -0.4 is 4.90 Å². The quantitative estimate of drug-likeness (QED) is 0.788. The van der Waals surface area contributed by atoms with Crippen LogP contribution in [0.3, 0.4) is 0 Å². The van der Waals surface area contributed by atoms with E-state index >= 15 is 0 Å². The molecule has 1 aliphatic rings. The average molecular weight is 334 g/mol. The van der Waals surface area contributed by atoms with Crippen molar-refractivity contribution >= 4 is 5.82 Å². The third-order valence-corrected chi connectivity index (χ3v) is 3.99. The van der Waals surface area contributed by atoms with Crippen LogP contribution in [0.25, 0.3) is 11.3 Å². The Bertz CT molecular complexity index is 640. The second-order valence-electron chi connectivity index (χ2n) is 5.69. The van der Waals surface area contributed by atoms with Crippen LogP contribution in [-0.2, 0) is 9.47 Å². The SMILES string of the molecule is CCOC(OCC)c1cc(-c2ccc(N3CC[C@@H](F)C3)nc2)n[nH]1. The summed E-state index contributed by atoms with van der Waals surface area (Å²) >= 11 is 0. The number of nitrogens with one attached hydrogen (secondary N) is 1. The zero-order valence-electron chi connectivity index (χ0n) is 14.0. The minimum absolute atomic E-state index is 0.420. The number of aromatic amines is 1. The molecule has 2 aromatic heterocycles. The number of aromatic nitrogens is 3. The number of anilines is 1. The van der Waals surface area contributed by atoms with Crippen molar-refractivity contribution in [3.05, 3.63) is 30.1 Å². The molecule has 1 fully saturated rings. The first kappa shape index (κ1) is 16.9. The van der Waals surface area contributed by atoms with Crippen molar-refractivity contribution in [1.29, 1.82) is 0 Å². The molecular formula is C17H23FN4O2. The summed E-state index contributed by atoms with van der Waals surface area (Å²) < 4.78 is 24.4. The Morgan fingerprint density at radius 3 is 2.71 bits per heavy atom. The van der Waals surface area contributed by atoms with Crippen LogP contribution in [0, 0.1) is 0 Å². The molecule has 0 aliphatic carbocycles. The molecule has 0 unspecified atom stereocenters. The van der Waals surface area contributed by atoms with Gasteiger partial charge in [0, 0.05) is 31.5 Å². The number of alkyl halides is 1. The summed E-state index contributed by atoms with van der Waals surface area (Å²) in [5.74, 6) is 0.802. The highest BCUT2D eigenvalue weighted by atomic mass is 19.1. The summed E-state index contributed by atoms with van der Waals surface area (Å²) in [5, 5.41) is 7.27. The van der Waals surface area contributed by atoms with Crippen molar-refractivity contribution < 1.29 is 13.9 Å². The molecule has 1 N–H and O–H groups in total. The Morgan fingerprint density at radius 1 is 1.33 bits per heavy atom. The minimum Gasteiger partial charge on any atom is -0.354 e. The van der Waals surface area contributed by atoms with Gasteiger partial charge >= 0.3 is 0 Å². The molecule has 6 nitrogen and oxygen atoms in total. The van der Waals surface area contributed by atoms with E-state index in [1.165, 1.54) is 0 Å². The molecule has 3 heterocycles. The predicted molar refractivity (Wildman–Crippen MR) is 89.5 cm³/mol. The number of hydrogen-bond donors (Lipinski definition) is 1. The fourth-order valence-corrected chi connectivity index (χ4v) is 2.79. The Morgan fingerprint density at radius 2 is 2.12 bits per heavy atom. The molecule has 1 saturated heterocycles. The van der Waals surface area contributed by atoms with Gasteiger partial charge in [0.2, 0.25) is 0 Å². The van der Waals surface area contributed by atoms with E-state index in [-0.39, 0.29) is 0 Å². The number of rotatable bonds is 7. The summed E-state index contributed by atoms with van der Waals surface area (Å²) in [6, 6.07) is 5.76. The standard InChI is InChI=1S/C17H23FN4O2/c1-3-23-17(24-4-2)15-9-14(20-21-15)12-5-6-16(19-10-12)22-8-7-13(18)11-22/h5-6,9-10,13,17H,3-4,7-8,11H2,1-2H3,(H,20,21)/t13-/m1/s1. The molecule has 7 heteroatoms. The Labute approximate surface area is 141 Å². The third kappa shape index (κ3) is 3.73. The van der Waals surface area contributed by atoms with Crippen molar-refractivity contribution in [2.45, 2.75) is 32.7 Å². The summed E-state index contributed by atoms with van der Waals surface area (Å²) in [7, 11) is 0. The van der Waals surface area contributed by atoms with Gasteiger partial charge < -0.3 is 14.4 Å². The van der Waals surface area contributed by atoms with E-state index in [1.807, 2.05) is 36.9 Å². The Kier molecular flexibility index (Phi) is 5.42. The summed E-state index contributed by atoms with van der Waals surface area (Å²) in [6.07, 6.45) is 1.13. The third-order valence-electron chi connectivity index (χ3n) is 3.99. The fraction of sp³-hybridized carbons (Fsp3) is 0.529. The number of nitrogens with zero attached hydrogens (tertiary/aromatic N) is 3. The average Bonchev–Trinajstić information content (AvgIpc) is 3.24. The van der Waals surface area contributed by atoms with Crippen molar-refractivity contribution in [3.8, 4) is 11.3 Å². The normalized spacial score (nSPS) is 17.8. The lowest BCUT2D eigenvalue weighted by atomic mass is 10.2. The molecule has 130 valence electrons. The van der Waals surface area contributed by atoms with Gasteiger partial charge in [-0.1, -0.05) is 0 Å². The van der Waals surface area contributed by atoms with Gasteiger partial charge in [0.15, 0.2) is 6.29 Å². The maximum Gasteiger partial charge on any atom is 0.200 e. The highest BCUT2D eigenvalue weighted by molar-refractivity contribution is 5.60. The van der Waals surface area contributed by atoms with E-state index in [2.05, 4.69) is 15.2 Å². The maximum absolute atomic E-state index is 13.3. The molecule has 0 radical (unpaired) electrons. The molecule has 0 aromatic carbocycles.